The van der Waals surface area contributed by atoms with Crippen molar-refractivity contribution < 1.29 is 48.5 Å². The first kappa shape index (κ1) is 17.9. The number of rotatable bonds is 0. The molecule has 4 N–H and O–H groups in total. The average molecular weight is 498 g/mol. The molecular weight excluding hydrogens is 484 g/mol. The molecule has 1 aliphatic rings. The molecule has 0 aromatic rings. The van der Waals surface area contributed by atoms with Crippen LogP contribution in [0.2, 0.25) is 0 Å². The predicted octanol–water partition coefficient (Wildman–Crippen LogP) is -5.72. The summed E-state index contributed by atoms with van der Waals surface area (Å²) in [5, 5.41) is 4.78. The zero-order valence-corrected chi connectivity index (χ0v) is 14.5. The molecule has 1 rings (SSSR count). The molecule has 0 spiro atoms. The van der Waals surface area contributed by atoms with Crippen molar-refractivity contribution in [2.75, 3.05) is 19.6 Å². The molecule has 0 bridgehead atoms. The van der Waals surface area contributed by atoms with Crippen LogP contribution in [0.15, 0.2) is 0 Å². The summed E-state index contributed by atoms with van der Waals surface area (Å²) in [4.78, 5) is 0. The van der Waals surface area contributed by atoms with Gasteiger partial charge in [0.15, 0.2) is 0 Å². The van der Waals surface area contributed by atoms with Crippen LogP contribution in [0.3, 0.4) is 0 Å². The summed E-state index contributed by atoms with van der Waals surface area (Å²) in [6.07, 6.45) is 0. The molecule has 13 heavy (non-hydrogen) atoms. The van der Waals surface area contributed by atoms with E-state index < -0.39 is 37.9 Å². The number of quaternary nitrogens is 2. The molecule has 86 valence electrons. The first-order valence-corrected chi connectivity index (χ1v) is 14.5. The van der Waals surface area contributed by atoms with Gasteiger partial charge < -0.3 is 10.6 Å². The van der Waals surface area contributed by atoms with E-state index >= 15 is 0 Å². The average Bonchev–Trinajstić information content (AvgIpc) is 2.08. The van der Waals surface area contributed by atoms with Crippen molar-refractivity contribution in [3.8, 4) is 0 Å². The maximum atomic E-state index is 4.87. The van der Waals surface area contributed by atoms with Gasteiger partial charge in [0, 0.05) is 0 Å². The third-order valence-corrected chi connectivity index (χ3v) is 1.48. The molecule has 8 heteroatoms. The number of hydrogen-bond acceptors (Lipinski definition) is 0. The number of halogens is 6. The molecule has 1 saturated heterocycles. The van der Waals surface area contributed by atoms with Gasteiger partial charge in [-0.05, 0) is 6.92 Å². The summed E-state index contributed by atoms with van der Waals surface area (Å²) in [6, 6.07) is 0.855. The van der Waals surface area contributed by atoms with E-state index in [4.69, 9.17) is 35.6 Å². The second-order valence-electron chi connectivity index (χ2n) is 2.42. The third-order valence-electron chi connectivity index (χ3n) is 1.48. The molecule has 0 aromatic heterocycles. The van der Waals surface area contributed by atoms with Crippen LogP contribution in [-0.4, -0.2) is 25.7 Å². The van der Waals surface area contributed by atoms with Crippen LogP contribution in [0.4, 0.5) is 0 Å². The van der Waals surface area contributed by atoms with Crippen molar-refractivity contribution in [2.24, 2.45) is 0 Å². The van der Waals surface area contributed by atoms with Crippen molar-refractivity contribution in [3.63, 3.8) is 0 Å². The van der Waals surface area contributed by atoms with E-state index in [1.807, 2.05) is 0 Å². The van der Waals surface area contributed by atoms with Gasteiger partial charge in [-0.2, -0.15) is 0 Å². The Morgan fingerprint density at radius 2 is 1.54 bits per heavy atom. The minimum atomic E-state index is -0.466. The normalized spacial score (nSPS) is 21.2. The Labute approximate surface area is 115 Å². The number of hydrogen-bond donors (Lipinski definition) is 2. The Hall–Kier alpha value is 2.54. The number of nitrogens with two attached hydrogens (primary N) is 2. The van der Waals surface area contributed by atoms with Gasteiger partial charge in [-0.3, -0.25) is 0 Å². The Balaban J connectivity index is 0. The summed E-state index contributed by atoms with van der Waals surface area (Å²) >= 11 is -0.931. The monoisotopic (exact) mass is 496 g/mol. The SMILES string of the molecule is C[C@@H]1C[NH2+]CC[NH2+]1.Cl[I-]Cl.Cl[I-]Cl. The van der Waals surface area contributed by atoms with E-state index in [9.17, 15) is 0 Å². The van der Waals surface area contributed by atoms with Crippen LogP contribution in [0.5, 0.6) is 0 Å². The van der Waals surface area contributed by atoms with Gasteiger partial charge in [0.25, 0.3) is 0 Å². The van der Waals surface area contributed by atoms with Crippen molar-refractivity contribution in [1.82, 2.24) is 0 Å². The van der Waals surface area contributed by atoms with Crippen molar-refractivity contribution in [3.05, 3.63) is 0 Å². The van der Waals surface area contributed by atoms with E-state index in [0.29, 0.717) is 0 Å². The van der Waals surface area contributed by atoms with E-state index in [1.54, 1.807) is 0 Å². The molecule has 0 saturated carbocycles. The van der Waals surface area contributed by atoms with E-state index in [1.165, 1.54) is 19.6 Å². The summed E-state index contributed by atoms with van der Waals surface area (Å²) in [7, 11) is 19.5. The fraction of sp³-hybridized carbons (Fsp3) is 1.00. The fourth-order valence-electron chi connectivity index (χ4n) is 0.976. The summed E-state index contributed by atoms with van der Waals surface area (Å²) < 4.78 is 0. The van der Waals surface area contributed by atoms with Crippen LogP contribution in [0.1, 0.15) is 6.92 Å². The molecule has 0 radical (unpaired) electrons. The first-order valence-electron chi connectivity index (χ1n) is 3.62. The molecule has 1 aliphatic heterocycles. The Morgan fingerprint density at radius 3 is 1.69 bits per heavy atom. The minimum absolute atomic E-state index is 0.466. The van der Waals surface area contributed by atoms with Gasteiger partial charge in [0.05, 0.1) is 0 Å². The molecular formula is C5H14Cl4I2N2. The summed E-state index contributed by atoms with van der Waals surface area (Å²) in [5.74, 6) is 0. The molecule has 0 aromatic carbocycles. The molecule has 2 nitrogen and oxygen atoms in total. The van der Waals surface area contributed by atoms with Crippen LogP contribution in [-0.2, 0) is 0 Å². The predicted molar refractivity (Wildman–Crippen MR) is 51.3 cm³/mol. The van der Waals surface area contributed by atoms with Gasteiger partial charge >= 0.3 is 73.5 Å². The third kappa shape index (κ3) is 20.6. The van der Waals surface area contributed by atoms with Crippen LogP contribution < -0.4 is 48.5 Å². The molecule has 0 amide bonds. The maximum absolute atomic E-state index is 4.87. The zero-order valence-electron chi connectivity index (χ0n) is 7.12. The van der Waals surface area contributed by atoms with E-state index in [-0.39, 0.29) is 0 Å². The molecule has 1 heterocycles. The second-order valence-corrected chi connectivity index (χ2v) is 8.83. The van der Waals surface area contributed by atoms with E-state index in [0.717, 1.165) is 6.04 Å². The van der Waals surface area contributed by atoms with Gasteiger partial charge in [0.2, 0.25) is 0 Å². The Morgan fingerprint density at radius 1 is 1.08 bits per heavy atom. The summed E-state index contributed by atoms with van der Waals surface area (Å²) in [6.45, 7) is 6.20. The van der Waals surface area contributed by atoms with E-state index in [2.05, 4.69) is 17.6 Å². The zero-order chi connectivity index (χ0) is 10.5. The molecule has 0 aliphatic carbocycles. The quantitative estimate of drug-likeness (QED) is 0.313. The first-order chi connectivity index (χ1) is 6.22. The van der Waals surface area contributed by atoms with Crippen molar-refractivity contribution in [1.29, 1.82) is 0 Å². The molecule has 1 atom stereocenters. The Bertz CT molecular complexity index is 82.9. The van der Waals surface area contributed by atoms with Crippen molar-refractivity contribution >= 4 is 35.6 Å². The second kappa shape index (κ2) is 17.0. The topological polar surface area (TPSA) is 33.2 Å². The van der Waals surface area contributed by atoms with Gasteiger partial charge in [-0.25, -0.2) is 0 Å². The Kier molecular flexibility index (Phi) is 23.4. The van der Waals surface area contributed by atoms with Crippen molar-refractivity contribution in [2.45, 2.75) is 13.0 Å². The van der Waals surface area contributed by atoms with Crippen LogP contribution >= 0.6 is 35.6 Å². The van der Waals surface area contributed by atoms with Gasteiger partial charge in [0.1, 0.15) is 25.7 Å². The molecule has 1 fully saturated rings. The summed E-state index contributed by atoms with van der Waals surface area (Å²) in [5.41, 5.74) is 0. The standard InChI is InChI=1S/C5H12N2.2Cl2I/c1-5-4-6-2-3-7-5;2*1-3-2/h5-7H,2-4H2,1H3;;/q;2*-1/p+2/t5-;;/m1../s1. The number of piperazine rings is 1. The molecule has 0 unspecified atom stereocenters. The van der Waals surface area contributed by atoms with Gasteiger partial charge in [-0.15, -0.1) is 0 Å². The van der Waals surface area contributed by atoms with Gasteiger partial charge in [-0.1, -0.05) is 0 Å². The van der Waals surface area contributed by atoms with Crippen LogP contribution in [0, 0.1) is 0 Å². The fourth-order valence-corrected chi connectivity index (χ4v) is 0.976. The van der Waals surface area contributed by atoms with Crippen LogP contribution in [0.25, 0.3) is 0 Å².